The molecule has 2 atom stereocenters. The third-order valence-electron chi connectivity index (χ3n) is 4.50. The van der Waals surface area contributed by atoms with Crippen molar-refractivity contribution in [2.75, 3.05) is 6.54 Å². The summed E-state index contributed by atoms with van der Waals surface area (Å²) in [6.07, 6.45) is -0.0583. The molecule has 3 rings (SSSR count). The number of rotatable bonds is 3. The van der Waals surface area contributed by atoms with Crippen molar-refractivity contribution in [1.82, 2.24) is 4.90 Å². The van der Waals surface area contributed by atoms with Crippen LogP contribution in [0.3, 0.4) is 0 Å². The number of hydrogen-bond donors (Lipinski definition) is 2. The molecule has 9 heteroatoms. The van der Waals surface area contributed by atoms with E-state index in [1.807, 2.05) is 6.07 Å². The molecule has 0 saturated carbocycles. The molecule has 0 aliphatic carbocycles. The molecule has 0 aromatic heterocycles. The van der Waals surface area contributed by atoms with Crippen LogP contribution in [-0.2, 0) is 13.9 Å². The van der Waals surface area contributed by atoms with Gasteiger partial charge >= 0.3 is 7.82 Å². The Hall–Kier alpha value is -1.91. The number of carbonyl (C=O) groups excluding carboxylic acids is 1. The number of benzene rings is 1. The van der Waals surface area contributed by atoms with E-state index in [1.165, 1.54) is 0 Å². The average Bonchev–Trinajstić information content (AvgIpc) is 2.92. The van der Waals surface area contributed by atoms with Crippen LogP contribution in [0.5, 0.6) is 5.75 Å². The minimum Gasteiger partial charge on any atom is -0.485 e. The number of ether oxygens (including phenoxy) is 1. The summed E-state index contributed by atoms with van der Waals surface area (Å²) in [7, 11) is -4.83. The molecule has 0 radical (unpaired) electrons. The monoisotopic (exact) mass is 366 g/mol. The Kier molecular flexibility index (Phi) is 4.38. The molecular weight excluding hydrogens is 347 g/mol. The molecule has 1 aromatic carbocycles. The normalized spacial score (nSPS) is 25.2. The third-order valence-corrected chi connectivity index (χ3v) is 5.00. The van der Waals surface area contributed by atoms with E-state index in [-0.39, 0.29) is 5.91 Å². The number of nitrogens with zero attached hydrogens (tertiary/aromatic N) is 2. The maximum Gasteiger partial charge on any atom is 0.470 e. The quantitative estimate of drug-likeness (QED) is 0.784. The second-order valence-corrected chi connectivity index (χ2v) is 7.91. The minimum atomic E-state index is -4.83. The van der Waals surface area contributed by atoms with Gasteiger partial charge in [-0.25, -0.2) is 4.57 Å². The number of fused-ring (bicyclic) bond motifs is 1. The van der Waals surface area contributed by atoms with Crippen LogP contribution >= 0.6 is 7.82 Å². The number of hydrogen-bond acceptors (Lipinski definition) is 5. The smallest absolute Gasteiger partial charge is 0.470 e. The molecule has 8 nitrogen and oxygen atoms in total. The van der Waals surface area contributed by atoms with Crippen molar-refractivity contribution < 1.29 is 28.4 Å². The first-order valence-corrected chi connectivity index (χ1v) is 9.42. The van der Waals surface area contributed by atoms with Crippen molar-refractivity contribution in [2.45, 2.75) is 44.4 Å². The Morgan fingerprint density at radius 3 is 2.72 bits per heavy atom. The number of carbonyl (C=O) groups is 1. The largest absolute Gasteiger partial charge is 0.485 e. The number of nitriles is 1. The van der Waals surface area contributed by atoms with Gasteiger partial charge in [0.25, 0.3) is 0 Å². The van der Waals surface area contributed by atoms with Gasteiger partial charge in [0, 0.05) is 18.5 Å². The standard InChI is InChI=1S/C16H19N2O6P/c1-16(2)15(24-25(20,21)22)14(18-7-3-4-13(18)19)11-8-10(9-17)5-6-12(11)23-16/h5-6,8,14-15H,3-4,7H2,1-2H3,(H2,20,21,22)/t14-,15+/m1/s1. The summed E-state index contributed by atoms with van der Waals surface area (Å²) in [4.78, 5) is 32.6. The predicted octanol–water partition coefficient (Wildman–Crippen LogP) is 1.87. The fourth-order valence-corrected chi connectivity index (χ4v) is 4.12. The van der Waals surface area contributed by atoms with E-state index in [0.717, 1.165) is 0 Å². The Morgan fingerprint density at radius 1 is 1.44 bits per heavy atom. The number of phosphoric ester groups is 1. The molecule has 1 fully saturated rings. The van der Waals surface area contributed by atoms with E-state index >= 15 is 0 Å². The summed E-state index contributed by atoms with van der Waals surface area (Å²) in [5, 5.41) is 9.17. The summed E-state index contributed by atoms with van der Waals surface area (Å²) >= 11 is 0. The lowest BCUT2D eigenvalue weighted by Gasteiger charge is -2.47. The van der Waals surface area contributed by atoms with Gasteiger partial charge in [-0.15, -0.1) is 0 Å². The fraction of sp³-hybridized carbons (Fsp3) is 0.500. The highest BCUT2D eigenvalue weighted by molar-refractivity contribution is 7.46. The van der Waals surface area contributed by atoms with Crippen molar-refractivity contribution in [3.8, 4) is 11.8 Å². The van der Waals surface area contributed by atoms with E-state index in [4.69, 9.17) is 9.26 Å². The zero-order valence-electron chi connectivity index (χ0n) is 13.9. The van der Waals surface area contributed by atoms with Crippen molar-refractivity contribution in [3.05, 3.63) is 29.3 Å². The number of likely N-dealkylation sites (tertiary alicyclic amines) is 1. The lowest BCUT2D eigenvalue weighted by Crippen LogP contribution is -2.54. The van der Waals surface area contributed by atoms with Crippen LogP contribution in [0.4, 0.5) is 0 Å². The van der Waals surface area contributed by atoms with Gasteiger partial charge in [0.1, 0.15) is 17.5 Å². The van der Waals surface area contributed by atoms with Gasteiger partial charge < -0.3 is 19.4 Å². The molecule has 1 aromatic rings. The van der Waals surface area contributed by atoms with Crippen LogP contribution in [0.1, 0.15) is 43.9 Å². The highest BCUT2D eigenvalue weighted by Gasteiger charge is 2.51. The van der Waals surface area contributed by atoms with Crippen molar-refractivity contribution >= 4 is 13.7 Å². The minimum absolute atomic E-state index is 0.115. The lowest BCUT2D eigenvalue weighted by molar-refractivity contribution is -0.138. The molecule has 2 heterocycles. The molecule has 134 valence electrons. The molecule has 1 amide bonds. The van der Waals surface area contributed by atoms with E-state index in [9.17, 15) is 24.4 Å². The molecule has 0 unspecified atom stereocenters. The summed E-state index contributed by atoms with van der Waals surface area (Å²) in [5.41, 5.74) is -0.198. The molecule has 2 aliphatic heterocycles. The van der Waals surface area contributed by atoms with Gasteiger partial charge in [0.2, 0.25) is 5.91 Å². The van der Waals surface area contributed by atoms with E-state index in [1.54, 1.807) is 36.9 Å². The van der Waals surface area contributed by atoms with Gasteiger partial charge in [0.05, 0.1) is 17.7 Å². The zero-order valence-corrected chi connectivity index (χ0v) is 14.8. The maximum absolute atomic E-state index is 12.3. The average molecular weight is 366 g/mol. The fourth-order valence-electron chi connectivity index (χ4n) is 3.45. The van der Waals surface area contributed by atoms with Crippen molar-refractivity contribution in [1.29, 1.82) is 5.26 Å². The maximum atomic E-state index is 12.3. The highest BCUT2D eigenvalue weighted by Crippen LogP contribution is 2.51. The third kappa shape index (κ3) is 3.42. The van der Waals surface area contributed by atoms with Gasteiger partial charge in [-0.1, -0.05) is 0 Å². The number of amides is 1. The molecule has 2 N–H and O–H groups in total. The Balaban J connectivity index is 2.16. The highest BCUT2D eigenvalue weighted by atomic mass is 31.2. The van der Waals surface area contributed by atoms with Crippen LogP contribution in [0.25, 0.3) is 0 Å². The summed E-state index contributed by atoms with van der Waals surface area (Å²) in [5.74, 6) is 0.356. The van der Waals surface area contributed by atoms with E-state index in [0.29, 0.717) is 36.3 Å². The second-order valence-electron chi connectivity index (χ2n) is 6.72. The predicted molar refractivity (Wildman–Crippen MR) is 86.5 cm³/mol. The zero-order chi connectivity index (χ0) is 18.4. The van der Waals surface area contributed by atoms with Crippen LogP contribution < -0.4 is 4.74 Å². The van der Waals surface area contributed by atoms with Gasteiger partial charge in [-0.2, -0.15) is 5.26 Å². The van der Waals surface area contributed by atoms with Crippen LogP contribution in [0, 0.1) is 11.3 Å². The van der Waals surface area contributed by atoms with Crippen LogP contribution in [0.2, 0.25) is 0 Å². The second kappa shape index (κ2) is 6.11. The van der Waals surface area contributed by atoms with E-state index in [2.05, 4.69) is 0 Å². The SMILES string of the molecule is CC1(C)Oc2ccc(C#N)cc2[C@@H](N2CCCC2=O)[C@@H]1OP(=O)(O)O. The Bertz CT molecular complexity index is 796. The summed E-state index contributed by atoms with van der Waals surface area (Å²) in [6, 6.07) is 6.10. The first-order valence-electron chi connectivity index (χ1n) is 7.89. The summed E-state index contributed by atoms with van der Waals surface area (Å²) < 4.78 is 22.5. The molecule has 2 aliphatic rings. The molecule has 25 heavy (non-hydrogen) atoms. The number of phosphoric acid groups is 1. The van der Waals surface area contributed by atoms with Crippen LogP contribution in [-0.4, -0.2) is 38.8 Å². The first kappa shape index (κ1) is 17.9. The lowest BCUT2D eigenvalue weighted by atomic mass is 9.85. The van der Waals surface area contributed by atoms with Crippen molar-refractivity contribution in [2.24, 2.45) is 0 Å². The van der Waals surface area contributed by atoms with Crippen LogP contribution in [0.15, 0.2) is 18.2 Å². The molecular formula is C16H19N2O6P. The molecule has 0 spiro atoms. The first-order chi connectivity index (χ1) is 11.6. The Labute approximate surface area is 145 Å². The van der Waals surface area contributed by atoms with Gasteiger partial charge in [-0.3, -0.25) is 9.32 Å². The van der Waals surface area contributed by atoms with E-state index < -0.39 is 25.6 Å². The molecule has 0 bridgehead atoms. The molecule has 1 saturated heterocycles. The topological polar surface area (TPSA) is 120 Å². The Morgan fingerprint density at radius 2 is 2.16 bits per heavy atom. The summed E-state index contributed by atoms with van der Waals surface area (Å²) in [6.45, 7) is 3.76. The van der Waals surface area contributed by atoms with Gasteiger partial charge in [-0.05, 0) is 38.5 Å². The van der Waals surface area contributed by atoms with Gasteiger partial charge in [0.15, 0.2) is 0 Å². The van der Waals surface area contributed by atoms with Crippen molar-refractivity contribution in [3.63, 3.8) is 0 Å².